The average Bonchev–Trinajstić information content (AvgIpc) is 2.90. The zero-order valence-electron chi connectivity index (χ0n) is 11.9. The highest BCUT2D eigenvalue weighted by Gasteiger charge is 2.37. The number of alkyl halides is 3. The monoisotopic (exact) mass is 338 g/mol. The lowest BCUT2D eigenvalue weighted by Crippen LogP contribution is -2.30. The Morgan fingerprint density at radius 3 is 2.59 bits per heavy atom. The van der Waals surface area contributed by atoms with Gasteiger partial charge in [0.15, 0.2) is 0 Å². The molecule has 0 bridgehead atoms. The fourth-order valence-corrected chi connectivity index (χ4v) is 3.18. The van der Waals surface area contributed by atoms with Gasteiger partial charge in [-0.1, -0.05) is 0 Å². The van der Waals surface area contributed by atoms with Crippen LogP contribution in [-0.2, 0) is 20.9 Å². The highest BCUT2D eigenvalue weighted by molar-refractivity contribution is 7.89. The highest BCUT2D eigenvalue weighted by Crippen LogP contribution is 2.35. The maximum atomic E-state index is 13.0. The largest absolute Gasteiger partial charge is 0.417 e. The molecule has 5 nitrogen and oxygen atoms in total. The Bertz CT molecular complexity index is 640. The van der Waals surface area contributed by atoms with Gasteiger partial charge in [0, 0.05) is 18.3 Å². The summed E-state index contributed by atoms with van der Waals surface area (Å²) in [7, 11) is -4.45. The van der Waals surface area contributed by atoms with E-state index in [1.165, 1.54) is 6.07 Å². The van der Waals surface area contributed by atoms with Crippen LogP contribution in [0.4, 0.5) is 18.9 Å². The molecular weight excluding hydrogens is 321 g/mol. The van der Waals surface area contributed by atoms with Crippen LogP contribution in [0.2, 0.25) is 0 Å². The van der Waals surface area contributed by atoms with E-state index in [1.54, 1.807) is 6.92 Å². The fraction of sp³-hybridized carbons (Fsp3) is 0.538. The van der Waals surface area contributed by atoms with Crippen LogP contribution in [-0.4, -0.2) is 27.2 Å². The normalized spacial score (nSPS) is 20.9. The summed E-state index contributed by atoms with van der Waals surface area (Å²) >= 11 is 0. The molecule has 0 aliphatic carbocycles. The molecule has 1 aliphatic heterocycles. The molecule has 1 aromatic rings. The smallest absolute Gasteiger partial charge is 0.380 e. The lowest BCUT2D eigenvalue weighted by molar-refractivity contribution is -0.139. The van der Waals surface area contributed by atoms with Gasteiger partial charge in [-0.25, -0.2) is 13.6 Å². The van der Waals surface area contributed by atoms with Crippen LogP contribution in [0.15, 0.2) is 23.1 Å². The zero-order chi connectivity index (χ0) is 16.5. The number of rotatable bonds is 4. The standard InChI is InChI=1S/C13H17F3N2O3S/c1-8(11-3-2-6-21-11)18-9-4-5-12(22(17,19)20)10(7-9)13(14,15)16/h4-5,7-8,11,18H,2-3,6H2,1H3,(H2,17,19,20)/t8-,11+/m0/s1. The third kappa shape index (κ3) is 3.90. The lowest BCUT2D eigenvalue weighted by atomic mass is 10.1. The summed E-state index contributed by atoms with van der Waals surface area (Å²) in [5.41, 5.74) is -1.11. The predicted molar refractivity (Wildman–Crippen MR) is 74.9 cm³/mol. The number of benzene rings is 1. The number of anilines is 1. The Labute approximate surface area is 126 Å². The topological polar surface area (TPSA) is 81.4 Å². The van der Waals surface area contributed by atoms with E-state index in [0.717, 1.165) is 25.0 Å². The number of nitrogens with one attached hydrogen (secondary N) is 1. The molecule has 1 fully saturated rings. The van der Waals surface area contributed by atoms with Crippen LogP contribution in [0.25, 0.3) is 0 Å². The zero-order valence-corrected chi connectivity index (χ0v) is 12.7. The second kappa shape index (κ2) is 6.05. The van der Waals surface area contributed by atoms with Gasteiger partial charge in [0.05, 0.1) is 16.6 Å². The van der Waals surface area contributed by atoms with Gasteiger partial charge in [0.25, 0.3) is 0 Å². The molecule has 0 amide bonds. The van der Waals surface area contributed by atoms with Crippen molar-refractivity contribution < 1.29 is 26.3 Å². The summed E-state index contributed by atoms with van der Waals surface area (Å²) in [5.74, 6) is 0. The van der Waals surface area contributed by atoms with Crippen molar-refractivity contribution in [3.05, 3.63) is 23.8 Å². The molecule has 2 rings (SSSR count). The Balaban J connectivity index is 2.31. The molecule has 1 saturated heterocycles. The van der Waals surface area contributed by atoms with Crippen LogP contribution < -0.4 is 10.5 Å². The molecule has 3 N–H and O–H groups in total. The molecule has 1 heterocycles. The molecule has 22 heavy (non-hydrogen) atoms. The van der Waals surface area contributed by atoms with Crippen LogP contribution in [0.3, 0.4) is 0 Å². The molecular formula is C13H17F3N2O3S. The third-order valence-electron chi connectivity index (χ3n) is 3.51. The van der Waals surface area contributed by atoms with Crippen LogP contribution in [0.5, 0.6) is 0 Å². The lowest BCUT2D eigenvalue weighted by Gasteiger charge is -2.22. The summed E-state index contributed by atoms with van der Waals surface area (Å²) < 4.78 is 67.1. The Kier molecular flexibility index (Phi) is 4.69. The number of primary sulfonamides is 1. The third-order valence-corrected chi connectivity index (χ3v) is 4.48. The van der Waals surface area contributed by atoms with Crippen molar-refractivity contribution in [2.45, 2.75) is 43.0 Å². The molecule has 0 saturated carbocycles. The van der Waals surface area contributed by atoms with Gasteiger partial charge in [-0.05, 0) is 38.0 Å². The number of hydrogen-bond acceptors (Lipinski definition) is 4. The van der Waals surface area contributed by atoms with E-state index >= 15 is 0 Å². The summed E-state index contributed by atoms with van der Waals surface area (Å²) in [6, 6.07) is 2.69. The first-order chi connectivity index (χ1) is 10.1. The maximum Gasteiger partial charge on any atom is 0.417 e. The van der Waals surface area contributed by atoms with Crippen LogP contribution in [0, 0.1) is 0 Å². The van der Waals surface area contributed by atoms with Crippen LogP contribution >= 0.6 is 0 Å². The highest BCUT2D eigenvalue weighted by atomic mass is 32.2. The molecule has 124 valence electrons. The molecule has 0 unspecified atom stereocenters. The van der Waals surface area contributed by atoms with Crippen molar-refractivity contribution in [2.75, 3.05) is 11.9 Å². The van der Waals surface area contributed by atoms with Crippen molar-refractivity contribution in [1.29, 1.82) is 0 Å². The van der Waals surface area contributed by atoms with Gasteiger partial charge in [-0.2, -0.15) is 13.2 Å². The van der Waals surface area contributed by atoms with E-state index in [4.69, 9.17) is 9.88 Å². The molecule has 0 spiro atoms. The first-order valence-electron chi connectivity index (χ1n) is 6.71. The summed E-state index contributed by atoms with van der Waals surface area (Å²) in [5, 5.41) is 7.75. The van der Waals surface area contributed by atoms with Crippen molar-refractivity contribution in [1.82, 2.24) is 0 Å². The van der Waals surface area contributed by atoms with Crippen molar-refractivity contribution in [3.8, 4) is 0 Å². The van der Waals surface area contributed by atoms with Crippen molar-refractivity contribution in [3.63, 3.8) is 0 Å². The number of halogens is 3. The second-order valence-corrected chi connectivity index (χ2v) is 6.77. The Morgan fingerprint density at radius 2 is 2.09 bits per heavy atom. The number of hydrogen-bond donors (Lipinski definition) is 2. The number of nitrogens with two attached hydrogens (primary N) is 1. The van der Waals surface area contributed by atoms with Gasteiger partial charge in [-0.15, -0.1) is 0 Å². The minimum Gasteiger partial charge on any atom is -0.380 e. The van der Waals surface area contributed by atoms with Crippen molar-refractivity contribution >= 4 is 15.7 Å². The summed E-state index contributed by atoms with van der Waals surface area (Å²) in [6.07, 6.45) is -3.15. The van der Waals surface area contributed by atoms with E-state index in [9.17, 15) is 21.6 Å². The minimum atomic E-state index is -4.81. The van der Waals surface area contributed by atoms with Crippen molar-refractivity contribution in [2.24, 2.45) is 5.14 Å². The quantitative estimate of drug-likeness (QED) is 0.883. The molecule has 0 radical (unpaired) electrons. The molecule has 2 atom stereocenters. The Morgan fingerprint density at radius 1 is 1.41 bits per heavy atom. The average molecular weight is 338 g/mol. The van der Waals surface area contributed by atoms with E-state index in [2.05, 4.69) is 5.32 Å². The minimum absolute atomic E-state index is 0.0766. The Hall–Kier alpha value is -1.32. The second-order valence-electron chi connectivity index (χ2n) is 5.24. The molecule has 0 aromatic heterocycles. The van der Waals surface area contributed by atoms with Gasteiger partial charge >= 0.3 is 6.18 Å². The van der Waals surface area contributed by atoms with Crippen LogP contribution in [0.1, 0.15) is 25.3 Å². The van der Waals surface area contributed by atoms with Gasteiger partial charge in [0.1, 0.15) is 0 Å². The summed E-state index contributed by atoms with van der Waals surface area (Å²) in [6.45, 7) is 2.44. The van der Waals surface area contributed by atoms with Gasteiger partial charge in [-0.3, -0.25) is 0 Å². The molecule has 1 aliphatic rings. The number of sulfonamides is 1. The predicted octanol–water partition coefficient (Wildman–Crippen LogP) is 2.33. The fourth-order valence-electron chi connectivity index (χ4n) is 2.44. The van der Waals surface area contributed by atoms with E-state index in [1.807, 2.05) is 0 Å². The van der Waals surface area contributed by atoms with E-state index < -0.39 is 26.7 Å². The first kappa shape index (κ1) is 17.0. The number of ether oxygens (including phenoxy) is 1. The van der Waals surface area contributed by atoms with E-state index in [-0.39, 0.29) is 17.8 Å². The maximum absolute atomic E-state index is 13.0. The first-order valence-corrected chi connectivity index (χ1v) is 8.26. The summed E-state index contributed by atoms with van der Waals surface area (Å²) in [4.78, 5) is -0.935. The molecule has 1 aromatic carbocycles. The van der Waals surface area contributed by atoms with Gasteiger partial charge in [0.2, 0.25) is 10.0 Å². The van der Waals surface area contributed by atoms with Gasteiger partial charge < -0.3 is 10.1 Å². The SMILES string of the molecule is C[C@H](Nc1ccc(S(N)(=O)=O)c(C(F)(F)F)c1)[C@H]1CCCO1. The van der Waals surface area contributed by atoms with E-state index in [0.29, 0.717) is 6.61 Å². The molecule has 9 heteroatoms.